The predicted molar refractivity (Wildman–Crippen MR) is 62.7 cm³/mol. The van der Waals surface area contributed by atoms with Crippen LogP contribution in [0.25, 0.3) is 17.2 Å². The van der Waals surface area contributed by atoms with Crippen molar-refractivity contribution < 1.29 is 4.42 Å². The van der Waals surface area contributed by atoms with Crippen LogP contribution in [0.3, 0.4) is 0 Å². The summed E-state index contributed by atoms with van der Waals surface area (Å²) in [6, 6.07) is 3.80. The summed E-state index contributed by atoms with van der Waals surface area (Å²) >= 11 is 0. The third kappa shape index (κ3) is 1.51. The largest absolute Gasteiger partial charge is 0.458 e. The Morgan fingerprint density at radius 2 is 2.00 bits per heavy atom. The number of rotatable bonds is 1. The van der Waals surface area contributed by atoms with E-state index in [1.165, 1.54) is 0 Å². The zero-order valence-corrected chi connectivity index (χ0v) is 9.93. The summed E-state index contributed by atoms with van der Waals surface area (Å²) in [4.78, 5) is 8.75. The standard InChI is InChI=1S/C12H12N4O/c1-7-6-13-12(10-5-4-8(2)17-10)16-11(7)14-9(3)15-16/h4-6H,1-3H3. The summed E-state index contributed by atoms with van der Waals surface area (Å²) in [7, 11) is 0. The van der Waals surface area contributed by atoms with Crippen LogP contribution in [0.2, 0.25) is 0 Å². The Bertz CT molecular complexity index is 696. The van der Waals surface area contributed by atoms with Crippen LogP contribution >= 0.6 is 0 Å². The lowest BCUT2D eigenvalue weighted by Crippen LogP contribution is -1.98. The van der Waals surface area contributed by atoms with E-state index in [1.807, 2.05) is 32.9 Å². The van der Waals surface area contributed by atoms with Crippen LogP contribution in [0.15, 0.2) is 22.7 Å². The highest BCUT2D eigenvalue weighted by Gasteiger charge is 2.13. The Kier molecular flexibility index (Phi) is 2.01. The molecule has 0 aliphatic carbocycles. The van der Waals surface area contributed by atoms with Crippen LogP contribution in [0, 0.1) is 20.8 Å². The van der Waals surface area contributed by atoms with Crippen molar-refractivity contribution in [3.63, 3.8) is 0 Å². The maximum absolute atomic E-state index is 5.58. The first-order valence-corrected chi connectivity index (χ1v) is 5.41. The van der Waals surface area contributed by atoms with E-state index in [9.17, 15) is 0 Å². The van der Waals surface area contributed by atoms with Gasteiger partial charge < -0.3 is 4.42 Å². The highest BCUT2D eigenvalue weighted by molar-refractivity contribution is 5.56. The molecule has 0 unspecified atom stereocenters. The van der Waals surface area contributed by atoms with E-state index in [2.05, 4.69) is 15.1 Å². The molecule has 0 atom stereocenters. The smallest absolute Gasteiger partial charge is 0.198 e. The lowest BCUT2D eigenvalue weighted by molar-refractivity contribution is 0.541. The molecule has 3 heterocycles. The second-order valence-electron chi connectivity index (χ2n) is 4.07. The van der Waals surface area contributed by atoms with Crippen LogP contribution < -0.4 is 0 Å². The molecule has 0 aromatic carbocycles. The molecule has 0 saturated heterocycles. The number of fused-ring (bicyclic) bond motifs is 1. The maximum atomic E-state index is 5.58. The topological polar surface area (TPSA) is 56.2 Å². The van der Waals surface area contributed by atoms with Crippen LogP contribution in [0.4, 0.5) is 0 Å². The summed E-state index contributed by atoms with van der Waals surface area (Å²) < 4.78 is 7.30. The van der Waals surface area contributed by atoms with Crippen LogP contribution in [-0.4, -0.2) is 19.6 Å². The van der Waals surface area contributed by atoms with Gasteiger partial charge in [-0.15, -0.1) is 5.10 Å². The van der Waals surface area contributed by atoms with Crippen molar-refractivity contribution in [2.24, 2.45) is 0 Å². The van der Waals surface area contributed by atoms with Gasteiger partial charge in [-0.1, -0.05) is 0 Å². The van der Waals surface area contributed by atoms with Crippen molar-refractivity contribution in [2.75, 3.05) is 0 Å². The van der Waals surface area contributed by atoms with Crippen LogP contribution in [0.1, 0.15) is 17.1 Å². The normalized spacial score (nSPS) is 11.2. The molecular weight excluding hydrogens is 216 g/mol. The molecule has 3 aromatic rings. The monoisotopic (exact) mass is 228 g/mol. The summed E-state index contributed by atoms with van der Waals surface area (Å²) in [5.74, 6) is 2.97. The maximum Gasteiger partial charge on any atom is 0.198 e. The van der Waals surface area contributed by atoms with E-state index >= 15 is 0 Å². The number of aryl methyl sites for hydroxylation is 3. The third-order valence-corrected chi connectivity index (χ3v) is 2.61. The second kappa shape index (κ2) is 3.41. The summed E-state index contributed by atoms with van der Waals surface area (Å²) in [5, 5.41) is 4.34. The fourth-order valence-electron chi connectivity index (χ4n) is 1.81. The zero-order valence-electron chi connectivity index (χ0n) is 9.93. The van der Waals surface area contributed by atoms with E-state index in [-0.39, 0.29) is 0 Å². The molecule has 86 valence electrons. The third-order valence-electron chi connectivity index (χ3n) is 2.61. The van der Waals surface area contributed by atoms with Gasteiger partial charge in [0.15, 0.2) is 17.2 Å². The molecular formula is C12H12N4O. The lowest BCUT2D eigenvalue weighted by Gasteiger charge is -2.01. The number of hydrogen-bond donors (Lipinski definition) is 0. The van der Waals surface area contributed by atoms with Gasteiger partial charge in [0, 0.05) is 11.8 Å². The Labute approximate surface area is 98.1 Å². The summed E-state index contributed by atoms with van der Waals surface area (Å²) in [6.45, 7) is 5.73. The Balaban J connectivity index is 2.33. The van der Waals surface area contributed by atoms with Gasteiger partial charge in [-0.05, 0) is 32.9 Å². The SMILES string of the molecule is Cc1nc2c(C)cnc(-c3ccc(C)o3)n2n1. The molecule has 3 rings (SSSR count). The minimum atomic E-state index is 0.680. The molecule has 0 saturated carbocycles. The molecule has 5 heteroatoms. The fraction of sp³-hybridized carbons (Fsp3) is 0.250. The molecule has 0 aliphatic rings. The van der Waals surface area contributed by atoms with Gasteiger partial charge in [0.25, 0.3) is 0 Å². The van der Waals surface area contributed by atoms with Crippen molar-refractivity contribution in [2.45, 2.75) is 20.8 Å². The van der Waals surface area contributed by atoms with Gasteiger partial charge in [0.05, 0.1) is 0 Å². The van der Waals surface area contributed by atoms with Crippen LogP contribution in [0.5, 0.6) is 0 Å². The Morgan fingerprint density at radius 1 is 1.18 bits per heavy atom. The van der Waals surface area contributed by atoms with Gasteiger partial charge in [0.2, 0.25) is 0 Å². The average Bonchev–Trinajstić information content (AvgIpc) is 2.85. The Morgan fingerprint density at radius 3 is 2.71 bits per heavy atom. The number of hydrogen-bond acceptors (Lipinski definition) is 4. The van der Waals surface area contributed by atoms with Crippen molar-refractivity contribution in [1.29, 1.82) is 0 Å². The van der Waals surface area contributed by atoms with E-state index in [0.717, 1.165) is 22.8 Å². The van der Waals surface area contributed by atoms with E-state index in [1.54, 1.807) is 10.7 Å². The number of nitrogens with zero attached hydrogens (tertiary/aromatic N) is 4. The molecule has 17 heavy (non-hydrogen) atoms. The fourth-order valence-corrected chi connectivity index (χ4v) is 1.81. The highest BCUT2D eigenvalue weighted by atomic mass is 16.3. The van der Waals surface area contributed by atoms with Gasteiger partial charge in [-0.25, -0.2) is 9.97 Å². The molecule has 0 fully saturated rings. The summed E-state index contributed by atoms with van der Waals surface area (Å²) in [6.07, 6.45) is 1.79. The number of furan rings is 1. The molecule has 0 bridgehead atoms. The van der Waals surface area contributed by atoms with Gasteiger partial charge in [0.1, 0.15) is 11.6 Å². The second-order valence-corrected chi connectivity index (χ2v) is 4.07. The predicted octanol–water partition coefficient (Wildman–Crippen LogP) is 2.31. The molecule has 0 radical (unpaired) electrons. The van der Waals surface area contributed by atoms with E-state index in [4.69, 9.17) is 4.42 Å². The van der Waals surface area contributed by atoms with Crippen molar-refractivity contribution in [1.82, 2.24) is 19.6 Å². The van der Waals surface area contributed by atoms with Crippen molar-refractivity contribution in [3.8, 4) is 11.6 Å². The summed E-state index contributed by atoms with van der Waals surface area (Å²) in [5.41, 5.74) is 1.82. The first kappa shape index (κ1) is 10.0. The molecule has 0 N–H and O–H groups in total. The first-order valence-electron chi connectivity index (χ1n) is 5.41. The molecule has 3 aromatic heterocycles. The first-order chi connectivity index (χ1) is 8.15. The molecule has 0 aliphatic heterocycles. The number of aromatic nitrogens is 4. The minimum Gasteiger partial charge on any atom is -0.458 e. The van der Waals surface area contributed by atoms with Gasteiger partial charge in [-0.3, -0.25) is 0 Å². The average molecular weight is 228 g/mol. The van der Waals surface area contributed by atoms with E-state index < -0.39 is 0 Å². The van der Waals surface area contributed by atoms with Crippen molar-refractivity contribution >= 4 is 5.65 Å². The van der Waals surface area contributed by atoms with E-state index in [0.29, 0.717) is 11.6 Å². The van der Waals surface area contributed by atoms with Gasteiger partial charge in [-0.2, -0.15) is 4.52 Å². The molecule has 0 spiro atoms. The Hall–Kier alpha value is -2.17. The molecule has 0 amide bonds. The highest BCUT2D eigenvalue weighted by Crippen LogP contribution is 2.21. The minimum absolute atomic E-state index is 0.680. The van der Waals surface area contributed by atoms with Gasteiger partial charge >= 0.3 is 0 Å². The molecule has 5 nitrogen and oxygen atoms in total. The van der Waals surface area contributed by atoms with Crippen LogP contribution in [-0.2, 0) is 0 Å². The zero-order chi connectivity index (χ0) is 12.0. The lowest BCUT2D eigenvalue weighted by atomic mass is 10.3. The van der Waals surface area contributed by atoms with Crippen molar-refractivity contribution in [3.05, 3.63) is 35.5 Å². The quantitative estimate of drug-likeness (QED) is 0.641.